The maximum atomic E-state index is 15.4. The second-order valence-corrected chi connectivity index (χ2v) is 14.1. The molecule has 2 aromatic carbocycles. The molecule has 2 bridgehead atoms. The van der Waals surface area contributed by atoms with Crippen LogP contribution >= 0.6 is 11.6 Å². The molecule has 2 fully saturated rings. The van der Waals surface area contributed by atoms with Crippen molar-refractivity contribution in [2.45, 2.75) is 49.7 Å². The van der Waals surface area contributed by atoms with E-state index in [4.69, 9.17) is 16.3 Å². The van der Waals surface area contributed by atoms with E-state index in [1.807, 2.05) is 0 Å². The van der Waals surface area contributed by atoms with Crippen LogP contribution in [0.5, 0.6) is 5.88 Å². The summed E-state index contributed by atoms with van der Waals surface area (Å²) in [7, 11) is -0.670. The molecule has 1 aromatic heterocycles. The first-order valence-electron chi connectivity index (χ1n) is 15.0. The normalized spacial score (nSPS) is 21.8. The number of ether oxygens (including phenoxy) is 1. The van der Waals surface area contributed by atoms with Gasteiger partial charge in [-0.15, -0.1) is 0 Å². The summed E-state index contributed by atoms with van der Waals surface area (Å²) in [6.07, 6.45) is 2.01. The number of hydrogen-bond acceptors (Lipinski definition) is 7. The number of methoxy groups -OCH3 is 1. The van der Waals surface area contributed by atoms with Crippen molar-refractivity contribution < 1.29 is 32.2 Å². The molecule has 246 valence electrons. The summed E-state index contributed by atoms with van der Waals surface area (Å²) in [5.74, 6) is -1.66. The van der Waals surface area contributed by atoms with Crippen molar-refractivity contribution in [1.29, 1.82) is 0 Å². The van der Waals surface area contributed by atoms with Crippen LogP contribution in [0, 0.1) is 5.82 Å². The van der Waals surface area contributed by atoms with Gasteiger partial charge in [-0.25, -0.2) is 22.6 Å². The van der Waals surface area contributed by atoms with Crippen LogP contribution in [-0.2, 0) is 21.2 Å². The molecular formula is C32H37ClFN5O6S. The molecule has 5 rings (SSSR count). The van der Waals surface area contributed by atoms with Crippen LogP contribution in [0.15, 0.2) is 60.8 Å². The van der Waals surface area contributed by atoms with Gasteiger partial charge in [-0.2, -0.15) is 4.31 Å². The third-order valence-corrected chi connectivity index (χ3v) is 10.9. The SMILES string of the molecule is COc1ccc([C@H](c2ccc(Cl)cc2)[C@@H](C(=O)Nc2cccc(F)c2CCC2CNC3CCCS(=O)(=O)N2C3)N(C)C(=O)O)cn1. The topological polar surface area (TPSA) is 141 Å². The van der Waals surface area contributed by atoms with Crippen molar-refractivity contribution >= 4 is 39.3 Å². The Kier molecular flexibility index (Phi) is 10.5. The first kappa shape index (κ1) is 33.6. The lowest BCUT2D eigenvalue weighted by Gasteiger charge is -2.37. The number of nitrogens with one attached hydrogen (secondary N) is 2. The number of carboxylic acid groups (broad SMARTS) is 1. The number of piperazine rings is 1. The van der Waals surface area contributed by atoms with Crippen molar-refractivity contribution in [3.63, 3.8) is 0 Å². The van der Waals surface area contributed by atoms with Crippen molar-refractivity contribution in [2.75, 3.05) is 38.3 Å². The van der Waals surface area contributed by atoms with Gasteiger partial charge in [0.15, 0.2) is 0 Å². The minimum absolute atomic E-state index is 0.0830. The van der Waals surface area contributed by atoms with Crippen LogP contribution in [0.1, 0.15) is 41.9 Å². The standard InChI is InChI=1S/C32H37ClFN5O6S/c1-38(32(41)42)30(29(20-8-11-22(33)12-9-20)21-10-15-28(45-2)36-17-21)31(40)37-27-7-3-6-26(34)25(27)14-13-24-18-35-23-5-4-16-46(43,44)39(24)19-23/h3,6-12,15,17,23-24,29-30,35H,4-5,13-14,16,18-19H2,1-2H3,(H,37,40)(H,41,42)/t23?,24?,29-,30-/m0/s1. The van der Waals surface area contributed by atoms with Crippen LogP contribution in [0.2, 0.25) is 5.02 Å². The van der Waals surface area contributed by atoms with E-state index in [1.54, 1.807) is 42.5 Å². The molecule has 3 heterocycles. The molecule has 2 aliphatic heterocycles. The molecule has 5 atom stereocenters. The maximum absolute atomic E-state index is 15.4. The van der Waals surface area contributed by atoms with Crippen LogP contribution in [-0.4, -0.2) is 90.8 Å². The fourth-order valence-electron chi connectivity index (χ4n) is 6.29. The summed E-state index contributed by atoms with van der Waals surface area (Å²) < 4.78 is 48.0. The number of pyridine rings is 1. The number of hydrogen-bond donors (Lipinski definition) is 3. The Bertz CT molecular complexity index is 1660. The van der Waals surface area contributed by atoms with Gasteiger partial charge in [0.05, 0.1) is 12.9 Å². The smallest absolute Gasteiger partial charge is 0.407 e. The van der Waals surface area contributed by atoms with Crippen LogP contribution in [0.25, 0.3) is 0 Å². The van der Waals surface area contributed by atoms with Crippen molar-refractivity contribution in [2.24, 2.45) is 0 Å². The van der Waals surface area contributed by atoms with Crippen molar-refractivity contribution in [1.82, 2.24) is 19.5 Å². The number of carbonyl (C=O) groups is 2. The molecule has 3 aromatic rings. The highest BCUT2D eigenvalue weighted by Gasteiger charge is 2.39. The van der Waals surface area contributed by atoms with E-state index >= 15 is 4.39 Å². The number of carbonyl (C=O) groups excluding carboxylic acids is 1. The summed E-state index contributed by atoms with van der Waals surface area (Å²) in [6.45, 7) is 0.827. The Morgan fingerprint density at radius 3 is 2.61 bits per heavy atom. The Balaban J connectivity index is 1.46. The third-order valence-electron chi connectivity index (χ3n) is 8.73. The molecule has 11 nitrogen and oxygen atoms in total. The second kappa shape index (κ2) is 14.3. The van der Waals surface area contributed by atoms with E-state index in [1.165, 1.54) is 36.8 Å². The molecule has 0 spiro atoms. The number of nitrogens with zero attached hydrogens (tertiary/aromatic N) is 3. The number of sulfonamides is 1. The van der Waals surface area contributed by atoms with Gasteiger partial charge in [0.25, 0.3) is 0 Å². The quantitative estimate of drug-likeness (QED) is 0.289. The van der Waals surface area contributed by atoms with Gasteiger partial charge in [0.1, 0.15) is 11.9 Å². The molecule has 3 unspecified atom stereocenters. The highest BCUT2D eigenvalue weighted by atomic mass is 35.5. The van der Waals surface area contributed by atoms with Crippen LogP contribution in [0.4, 0.5) is 14.9 Å². The summed E-state index contributed by atoms with van der Waals surface area (Å²) in [4.78, 5) is 31.7. The summed E-state index contributed by atoms with van der Waals surface area (Å²) >= 11 is 6.15. The van der Waals surface area contributed by atoms with E-state index in [-0.39, 0.29) is 35.5 Å². The largest absolute Gasteiger partial charge is 0.481 e. The Labute approximate surface area is 272 Å². The number of aromatic nitrogens is 1. The van der Waals surface area contributed by atoms with Gasteiger partial charge in [-0.1, -0.05) is 35.9 Å². The maximum Gasteiger partial charge on any atom is 0.407 e. The van der Waals surface area contributed by atoms with Gasteiger partial charge in [-0.05, 0) is 61.1 Å². The van der Waals surface area contributed by atoms with Gasteiger partial charge in [0, 0.05) is 66.7 Å². The van der Waals surface area contributed by atoms with Gasteiger partial charge in [-0.3, -0.25) is 9.69 Å². The lowest BCUT2D eigenvalue weighted by molar-refractivity contribution is -0.120. The predicted molar refractivity (Wildman–Crippen MR) is 172 cm³/mol. The summed E-state index contributed by atoms with van der Waals surface area (Å²) in [6, 6.07) is 12.7. The zero-order valence-corrected chi connectivity index (χ0v) is 27.1. The number of likely N-dealkylation sites (N-methyl/N-ethyl adjacent to an activating group) is 1. The number of amides is 2. The van der Waals surface area contributed by atoms with E-state index in [9.17, 15) is 23.1 Å². The number of halogens is 2. The lowest BCUT2D eigenvalue weighted by Crippen LogP contribution is -2.57. The van der Waals surface area contributed by atoms with Crippen molar-refractivity contribution in [3.05, 3.63) is 88.3 Å². The molecule has 0 saturated carbocycles. The number of fused-ring (bicyclic) bond motifs is 2. The number of rotatable bonds is 10. The fraction of sp³-hybridized carbons (Fsp3) is 0.406. The first-order chi connectivity index (χ1) is 22.0. The summed E-state index contributed by atoms with van der Waals surface area (Å²) in [5.41, 5.74) is 1.52. The molecule has 2 aliphatic rings. The van der Waals surface area contributed by atoms with Crippen molar-refractivity contribution in [3.8, 4) is 5.88 Å². The lowest BCUT2D eigenvalue weighted by atomic mass is 9.84. The van der Waals surface area contributed by atoms with E-state index in [0.717, 1.165) is 11.3 Å². The molecule has 46 heavy (non-hydrogen) atoms. The van der Waals surface area contributed by atoms with E-state index in [2.05, 4.69) is 15.6 Å². The predicted octanol–water partition coefficient (Wildman–Crippen LogP) is 4.33. The number of anilines is 1. The molecule has 3 N–H and O–H groups in total. The zero-order chi connectivity index (χ0) is 33.0. The molecular weight excluding hydrogens is 637 g/mol. The average molecular weight is 674 g/mol. The molecule has 2 amide bonds. The average Bonchev–Trinajstić information content (AvgIpc) is 3.15. The third kappa shape index (κ3) is 7.43. The monoisotopic (exact) mass is 673 g/mol. The molecule has 0 radical (unpaired) electrons. The Morgan fingerprint density at radius 2 is 1.93 bits per heavy atom. The highest BCUT2D eigenvalue weighted by molar-refractivity contribution is 7.89. The first-order valence-corrected chi connectivity index (χ1v) is 17.0. The molecule has 0 aliphatic carbocycles. The van der Waals surface area contributed by atoms with E-state index < -0.39 is 39.8 Å². The Hall–Kier alpha value is -3.78. The minimum atomic E-state index is -3.44. The van der Waals surface area contributed by atoms with E-state index in [0.29, 0.717) is 48.0 Å². The molecule has 2 saturated heterocycles. The van der Waals surface area contributed by atoms with Gasteiger partial charge >= 0.3 is 6.09 Å². The summed E-state index contributed by atoms with van der Waals surface area (Å²) in [5, 5.41) is 16.7. The minimum Gasteiger partial charge on any atom is -0.481 e. The fourth-order valence-corrected chi connectivity index (χ4v) is 8.22. The molecule has 14 heteroatoms. The highest BCUT2D eigenvalue weighted by Crippen LogP contribution is 2.34. The Morgan fingerprint density at radius 1 is 1.20 bits per heavy atom. The van der Waals surface area contributed by atoms with Gasteiger partial charge < -0.3 is 20.5 Å². The van der Waals surface area contributed by atoms with Crippen LogP contribution < -0.4 is 15.4 Å². The van der Waals surface area contributed by atoms with Crippen LogP contribution in [0.3, 0.4) is 0 Å². The second-order valence-electron chi connectivity index (χ2n) is 11.6. The number of benzene rings is 2. The zero-order valence-electron chi connectivity index (χ0n) is 25.5. The van der Waals surface area contributed by atoms with Gasteiger partial charge in [0.2, 0.25) is 21.8 Å².